The van der Waals surface area contributed by atoms with Crippen LogP contribution in [0.1, 0.15) is 47.0 Å². The van der Waals surface area contributed by atoms with Gasteiger partial charge in [0.25, 0.3) is 0 Å². The van der Waals surface area contributed by atoms with E-state index in [4.69, 9.17) is 0 Å². The van der Waals surface area contributed by atoms with Crippen molar-refractivity contribution in [2.75, 3.05) is 26.2 Å². The molecule has 0 aromatic carbocycles. The third kappa shape index (κ3) is 4.84. The van der Waals surface area contributed by atoms with Gasteiger partial charge < -0.3 is 10.2 Å². The highest BCUT2D eigenvalue weighted by Crippen LogP contribution is 2.19. The van der Waals surface area contributed by atoms with E-state index in [1.165, 1.54) is 45.4 Å². The minimum atomic E-state index is 0.663. The Labute approximate surface area is 102 Å². The summed E-state index contributed by atoms with van der Waals surface area (Å²) in [5.74, 6) is 1.72. The zero-order chi connectivity index (χ0) is 12.0. The molecule has 2 nitrogen and oxygen atoms in total. The molecule has 0 saturated carbocycles. The summed E-state index contributed by atoms with van der Waals surface area (Å²) in [4.78, 5) is 2.57. The molecule has 1 saturated heterocycles. The van der Waals surface area contributed by atoms with Crippen molar-refractivity contribution in [1.29, 1.82) is 0 Å². The Morgan fingerprint density at radius 3 is 2.31 bits per heavy atom. The Morgan fingerprint density at radius 1 is 1.19 bits per heavy atom. The van der Waals surface area contributed by atoms with Crippen LogP contribution in [0, 0.1) is 11.8 Å². The van der Waals surface area contributed by atoms with Crippen LogP contribution < -0.4 is 5.32 Å². The van der Waals surface area contributed by atoms with Gasteiger partial charge in [0.1, 0.15) is 0 Å². The van der Waals surface area contributed by atoms with E-state index in [0.717, 1.165) is 11.8 Å². The van der Waals surface area contributed by atoms with E-state index in [2.05, 4.69) is 37.9 Å². The number of nitrogens with one attached hydrogen (secondary N) is 1. The van der Waals surface area contributed by atoms with Gasteiger partial charge in [-0.3, -0.25) is 0 Å². The van der Waals surface area contributed by atoms with E-state index in [1.807, 2.05) is 0 Å². The molecule has 96 valence electrons. The molecule has 0 amide bonds. The Bertz CT molecular complexity index is 172. The van der Waals surface area contributed by atoms with Crippen LogP contribution in [-0.4, -0.2) is 37.1 Å². The summed E-state index contributed by atoms with van der Waals surface area (Å²) in [6.45, 7) is 14.2. The topological polar surface area (TPSA) is 15.3 Å². The second kappa shape index (κ2) is 7.29. The van der Waals surface area contributed by atoms with Crippen molar-refractivity contribution in [2.45, 2.75) is 53.0 Å². The van der Waals surface area contributed by atoms with Crippen LogP contribution in [0.25, 0.3) is 0 Å². The number of rotatable bonds is 6. The largest absolute Gasteiger partial charge is 0.314 e. The van der Waals surface area contributed by atoms with E-state index < -0.39 is 0 Å². The van der Waals surface area contributed by atoms with Crippen molar-refractivity contribution in [1.82, 2.24) is 10.2 Å². The lowest BCUT2D eigenvalue weighted by Crippen LogP contribution is -2.36. The highest BCUT2D eigenvalue weighted by atomic mass is 15.1. The van der Waals surface area contributed by atoms with Gasteiger partial charge in [0.2, 0.25) is 0 Å². The van der Waals surface area contributed by atoms with Crippen molar-refractivity contribution in [3.05, 3.63) is 0 Å². The van der Waals surface area contributed by atoms with Gasteiger partial charge in [-0.2, -0.15) is 0 Å². The molecule has 1 atom stereocenters. The Kier molecular flexibility index (Phi) is 6.37. The normalized spacial score (nSPS) is 21.6. The van der Waals surface area contributed by atoms with Gasteiger partial charge in [0.05, 0.1) is 0 Å². The number of nitrogens with zero attached hydrogens (tertiary/aromatic N) is 1. The van der Waals surface area contributed by atoms with Crippen LogP contribution in [0.5, 0.6) is 0 Å². The van der Waals surface area contributed by atoms with Crippen molar-refractivity contribution < 1.29 is 0 Å². The second-order valence-corrected chi connectivity index (χ2v) is 5.65. The Morgan fingerprint density at radius 2 is 1.81 bits per heavy atom. The quantitative estimate of drug-likeness (QED) is 0.749. The Balaban J connectivity index is 2.06. The van der Waals surface area contributed by atoms with Gasteiger partial charge in [0, 0.05) is 6.04 Å². The molecule has 0 radical (unpaired) electrons. The molecule has 0 aliphatic carbocycles. The van der Waals surface area contributed by atoms with Crippen LogP contribution in [0.3, 0.4) is 0 Å². The second-order valence-electron chi connectivity index (χ2n) is 5.65. The lowest BCUT2D eigenvalue weighted by Gasteiger charge is -2.31. The summed E-state index contributed by atoms with van der Waals surface area (Å²) in [5.41, 5.74) is 0. The summed E-state index contributed by atoms with van der Waals surface area (Å²) in [6, 6.07) is 0.663. The molecule has 1 aliphatic heterocycles. The molecule has 16 heavy (non-hydrogen) atoms. The lowest BCUT2D eigenvalue weighted by atomic mass is 9.93. The molecule has 1 rings (SSSR count). The minimum Gasteiger partial charge on any atom is -0.314 e. The van der Waals surface area contributed by atoms with E-state index in [1.54, 1.807) is 0 Å². The first-order valence-electron chi connectivity index (χ1n) is 7.09. The van der Waals surface area contributed by atoms with Crippen LogP contribution in [0.15, 0.2) is 0 Å². The van der Waals surface area contributed by atoms with Gasteiger partial charge in [-0.05, 0) is 64.2 Å². The number of hydrogen-bond donors (Lipinski definition) is 1. The van der Waals surface area contributed by atoms with Gasteiger partial charge in [-0.15, -0.1) is 0 Å². The standard InChI is InChI=1S/C14H30N2/c1-5-16-10-7-14(8-11-16)6-9-15-13(4)12(2)3/h12-15H,5-11H2,1-4H3. The maximum atomic E-state index is 3.64. The average molecular weight is 226 g/mol. The fourth-order valence-electron chi connectivity index (χ4n) is 2.34. The molecule has 0 aromatic rings. The van der Waals surface area contributed by atoms with Gasteiger partial charge in [0.15, 0.2) is 0 Å². The summed E-state index contributed by atoms with van der Waals surface area (Å²) in [5, 5.41) is 3.64. The monoisotopic (exact) mass is 226 g/mol. The maximum Gasteiger partial charge on any atom is 0.00617 e. The smallest absolute Gasteiger partial charge is 0.00617 e. The first-order valence-corrected chi connectivity index (χ1v) is 7.09. The van der Waals surface area contributed by atoms with Crippen molar-refractivity contribution in [2.24, 2.45) is 11.8 Å². The van der Waals surface area contributed by atoms with Gasteiger partial charge >= 0.3 is 0 Å². The van der Waals surface area contributed by atoms with Crippen molar-refractivity contribution in [3.8, 4) is 0 Å². The Hall–Kier alpha value is -0.0800. The number of piperidine rings is 1. The molecule has 1 N–H and O–H groups in total. The summed E-state index contributed by atoms with van der Waals surface area (Å²) >= 11 is 0. The van der Waals surface area contributed by atoms with Crippen LogP contribution in [0.4, 0.5) is 0 Å². The predicted octanol–water partition coefficient (Wildman–Crippen LogP) is 2.74. The fraction of sp³-hybridized carbons (Fsp3) is 1.00. The highest BCUT2D eigenvalue weighted by molar-refractivity contribution is 4.73. The van der Waals surface area contributed by atoms with Crippen LogP contribution >= 0.6 is 0 Å². The highest BCUT2D eigenvalue weighted by Gasteiger charge is 2.17. The van der Waals surface area contributed by atoms with E-state index in [9.17, 15) is 0 Å². The molecule has 1 fully saturated rings. The molecule has 1 heterocycles. The maximum absolute atomic E-state index is 3.64. The SMILES string of the molecule is CCN1CCC(CCNC(C)C(C)C)CC1. The zero-order valence-electron chi connectivity index (χ0n) is 11.6. The third-order valence-corrected chi connectivity index (χ3v) is 4.17. The fourth-order valence-corrected chi connectivity index (χ4v) is 2.34. The zero-order valence-corrected chi connectivity index (χ0v) is 11.6. The molecule has 2 heteroatoms. The van der Waals surface area contributed by atoms with E-state index in [0.29, 0.717) is 6.04 Å². The van der Waals surface area contributed by atoms with Gasteiger partial charge in [-0.25, -0.2) is 0 Å². The first kappa shape index (κ1) is 14.0. The average Bonchev–Trinajstić information content (AvgIpc) is 2.29. The minimum absolute atomic E-state index is 0.663. The lowest BCUT2D eigenvalue weighted by molar-refractivity contribution is 0.185. The van der Waals surface area contributed by atoms with Crippen molar-refractivity contribution in [3.63, 3.8) is 0 Å². The molecular formula is C14H30N2. The summed E-state index contributed by atoms with van der Waals surface area (Å²) < 4.78 is 0. The van der Waals surface area contributed by atoms with Gasteiger partial charge in [-0.1, -0.05) is 20.8 Å². The number of likely N-dealkylation sites (tertiary alicyclic amines) is 1. The molecule has 0 aromatic heterocycles. The van der Waals surface area contributed by atoms with E-state index >= 15 is 0 Å². The molecular weight excluding hydrogens is 196 g/mol. The first-order chi connectivity index (χ1) is 7.63. The third-order valence-electron chi connectivity index (χ3n) is 4.17. The van der Waals surface area contributed by atoms with Crippen LogP contribution in [0.2, 0.25) is 0 Å². The predicted molar refractivity (Wildman–Crippen MR) is 71.8 cm³/mol. The van der Waals surface area contributed by atoms with Crippen LogP contribution in [-0.2, 0) is 0 Å². The summed E-state index contributed by atoms with van der Waals surface area (Å²) in [6.07, 6.45) is 4.19. The molecule has 0 spiro atoms. The molecule has 1 unspecified atom stereocenters. The molecule has 0 bridgehead atoms. The van der Waals surface area contributed by atoms with E-state index in [-0.39, 0.29) is 0 Å². The van der Waals surface area contributed by atoms with Crippen molar-refractivity contribution >= 4 is 0 Å². The molecule has 1 aliphatic rings. The summed E-state index contributed by atoms with van der Waals surface area (Å²) in [7, 11) is 0. The number of hydrogen-bond acceptors (Lipinski definition) is 2.